The molecule has 0 bridgehead atoms. The first-order chi connectivity index (χ1) is 11.0. The first-order valence-electron chi connectivity index (χ1n) is 7.92. The van der Waals surface area contributed by atoms with Gasteiger partial charge >= 0.3 is 6.03 Å². The highest BCUT2D eigenvalue weighted by Crippen LogP contribution is 2.37. The molecule has 0 aliphatic heterocycles. The predicted molar refractivity (Wildman–Crippen MR) is 90.6 cm³/mol. The molecular weight excluding hydrogens is 316 g/mol. The van der Waals surface area contributed by atoms with E-state index in [9.17, 15) is 9.90 Å². The first-order valence-corrected chi connectivity index (χ1v) is 8.30. The van der Waals surface area contributed by atoms with Crippen molar-refractivity contribution >= 4 is 17.6 Å². The summed E-state index contributed by atoms with van der Waals surface area (Å²) in [6, 6.07) is 7.18. The van der Waals surface area contributed by atoms with Crippen LogP contribution in [0.3, 0.4) is 0 Å². The lowest BCUT2D eigenvalue weighted by atomic mass is 9.86. The van der Waals surface area contributed by atoms with Crippen LogP contribution >= 0.6 is 11.6 Å². The maximum absolute atomic E-state index is 12.1. The fourth-order valence-electron chi connectivity index (χ4n) is 3.12. The number of aliphatic hydroxyl groups excluding tert-OH is 1. The summed E-state index contributed by atoms with van der Waals surface area (Å²) in [5.74, 6) is 0. The molecule has 2 amide bonds. The average Bonchev–Trinajstić information content (AvgIpc) is 2.91. The van der Waals surface area contributed by atoms with Crippen LogP contribution in [0.2, 0.25) is 5.02 Å². The van der Waals surface area contributed by atoms with E-state index in [1.54, 1.807) is 13.2 Å². The summed E-state index contributed by atoms with van der Waals surface area (Å²) in [4.78, 5) is 12.1. The molecule has 1 aromatic carbocycles. The number of ether oxygens (including phenoxy) is 1. The number of urea groups is 1. The molecule has 5 nitrogen and oxygen atoms in total. The predicted octanol–water partition coefficient (Wildman–Crippen LogP) is 2.88. The maximum Gasteiger partial charge on any atom is 0.315 e. The lowest BCUT2D eigenvalue weighted by Crippen LogP contribution is -2.49. The fourth-order valence-corrected chi connectivity index (χ4v) is 3.38. The van der Waals surface area contributed by atoms with Gasteiger partial charge in [0.1, 0.15) is 6.10 Å². The quantitative estimate of drug-likeness (QED) is 0.745. The van der Waals surface area contributed by atoms with E-state index in [0.717, 1.165) is 24.8 Å². The molecule has 0 aromatic heterocycles. The number of methoxy groups -OCH3 is 1. The summed E-state index contributed by atoms with van der Waals surface area (Å²) >= 11 is 6.17. The van der Waals surface area contributed by atoms with Gasteiger partial charge in [0.2, 0.25) is 0 Å². The number of amides is 2. The lowest BCUT2D eigenvalue weighted by molar-refractivity contribution is 0.101. The van der Waals surface area contributed by atoms with Crippen LogP contribution in [-0.4, -0.2) is 37.4 Å². The van der Waals surface area contributed by atoms with E-state index in [4.69, 9.17) is 16.3 Å². The summed E-state index contributed by atoms with van der Waals surface area (Å²) in [6.45, 7) is 2.42. The molecule has 0 spiro atoms. The fraction of sp³-hybridized carbons (Fsp3) is 0.588. The van der Waals surface area contributed by atoms with Gasteiger partial charge in [0.25, 0.3) is 0 Å². The van der Waals surface area contributed by atoms with Gasteiger partial charge < -0.3 is 20.5 Å². The molecule has 3 unspecified atom stereocenters. The molecule has 3 atom stereocenters. The van der Waals surface area contributed by atoms with Crippen LogP contribution in [0.4, 0.5) is 4.79 Å². The van der Waals surface area contributed by atoms with Gasteiger partial charge in [-0.25, -0.2) is 4.79 Å². The number of carbonyl (C=O) groups is 1. The molecule has 23 heavy (non-hydrogen) atoms. The van der Waals surface area contributed by atoms with Crippen LogP contribution in [0, 0.1) is 5.41 Å². The van der Waals surface area contributed by atoms with Crippen molar-refractivity contribution in [2.75, 3.05) is 20.3 Å². The van der Waals surface area contributed by atoms with Crippen molar-refractivity contribution in [2.45, 2.75) is 38.3 Å². The van der Waals surface area contributed by atoms with Gasteiger partial charge in [0, 0.05) is 35.7 Å². The number of rotatable bonds is 6. The molecule has 2 rings (SSSR count). The van der Waals surface area contributed by atoms with Crippen LogP contribution < -0.4 is 10.6 Å². The summed E-state index contributed by atoms with van der Waals surface area (Å²) in [5.41, 5.74) is 0.610. The van der Waals surface area contributed by atoms with Gasteiger partial charge in [0.05, 0.1) is 6.61 Å². The van der Waals surface area contributed by atoms with E-state index in [1.807, 2.05) is 25.1 Å². The van der Waals surface area contributed by atoms with Gasteiger partial charge in [-0.2, -0.15) is 0 Å². The third-order valence-corrected chi connectivity index (χ3v) is 5.08. The first kappa shape index (κ1) is 18.0. The number of carbonyl (C=O) groups excluding carboxylic acids is 1. The molecule has 1 aromatic rings. The molecule has 3 N–H and O–H groups in total. The Kier molecular flexibility index (Phi) is 6.27. The monoisotopic (exact) mass is 340 g/mol. The van der Waals surface area contributed by atoms with Crippen LogP contribution in [0.25, 0.3) is 0 Å². The van der Waals surface area contributed by atoms with E-state index in [0.29, 0.717) is 11.6 Å². The van der Waals surface area contributed by atoms with E-state index < -0.39 is 0 Å². The van der Waals surface area contributed by atoms with Crippen molar-refractivity contribution in [3.63, 3.8) is 0 Å². The molecule has 1 aliphatic carbocycles. The van der Waals surface area contributed by atoms with Crippen molar-refractivity contribution < 1.29 is 14.6 Å². The normalized spacial score (nSPS) is 25.1. The number of halogens is 1. The molecule has 128 valence electrons. The van der Waals surface area contributed by atoms with Gasteiger partial charge in [-0.05, 0) is 18.9 Å². The topological polar surface area (TPSA) is 70.6 Å². The zero-order valence-corrected chi connectivity index (χ0v) is 14.4. The summed E-state index contributed by atoms with van der Waals surface area (Å²) in [7, 11) is 1.59. The Morgan fingerprint density at radius 1 is 1.52 bits per heavy atom. The number of hydrogen-bond acceptors (Lipinski definition) is 3. The Labute approximate surface area is 142 Å². The van der Waals surface area contributed by atoms with E-state index in [2.05, 4.69) is 10.6 Å². The van der Waals surface area contributed by atoms with Gasteiger partial charge in [-0.3, -0.25) is 0 Å². The Morgan fingerprint density at radius 2 is 2.26 bits per heavy atom. The summed E-state index contributed by atoms with van der Waals surface area (Å²) < 4.78 is 5.43. The molecule has 1 saturated carbocycles. The van der Waals surface area contributed by atoms with Crippen LogP contribution in [-0.2, 0) is 4.74 Å². The minimum atomic E-state index is -0.303. The molecule has 0 saturated heterocycles. The Bertz CT molecular complexity index is 540. The Balaban J connectivity index is 1.89. The van der Waals surface area contributed by atoms with E-state index >= 15 is 0 Å². The number of hydrogen-bond donors (Lipinski definition) is 3. The molecule has 6 heteroatoms. The largest absolute Gasteiger partial charge is 0.396 e. The highest BCUT2D eigenvalue weighted by Gasteiger charge is 2.39. The Hall–Kier alpha value is -1.30. The van der Waals surface area contributed by atoms with Crippen molar-refractivity contribution in [3.8, 4) is 0 Å². The second-order valence-corrected chi connectivity index (χ2v) is 6.76. The highest BCUT2D eigenvalue weighted by atomic mass is 35.5. The van der Waals surface area contributed by atoms with Crippen LogP contribution in [0.5, 0.6) is 0 Å². The maximum atomic E-state index is 12.1. The summed E-state index contributed by atoms with van der Waals surface area (Å²) in [6.07, 6.45) is 2.53. The molecule has 0 heterocycles. The van der Waals surface area contributed by atoms with Gasteiger partial charge in [0.15, 0.2) is 0 Å². The van der Waals surface area contributed by atoms with Crippen molar-refractivity contribution in [2.24, 2.45) is 5.41 Å². The van der Waals surface area contributed by atoms with Crippen LogP contribution in [0.15, 0.2) is 24.3 Å². The number of aliphatic hydroxyl groups is 1. The average molecular weight is 341 g/mol. The summed E-state index contributed by atoms with van der Waals surface area (Å²) in [5, 5.41) is 16.0. The van der Waals surface area contributed by atoms with Crippen molar-refractivity contribution in [1.29, 1.82) is 0 Å². The van der Waals surface area contributed by atoms with Crippen molar-refractivity contribution in [1.82, 2.24) is 10.6 Å². The standard InChI is InChI=1S/C17H25ClN2O3/c1-17(11-21)9-5-8-15(17)20-16(22)19-10-14(23-2)12-6-3-4-7-13(12)18/h3-4,6-7,14-15,21H,5,8-11H2,1-2H3,(H2,19,20,22). The Morgan fingerprint density at radius 3 is 2.91 bits per heavy atom. The second-order valence-electron chi connectivity index (χ2n) is 6.36. The number of benzene rings is 1. The minimum Gasteiger partial charge on any atom is -0.396 e. The zero-order chi connectivity index (χ0) is 16.9. The van der Waals surface area contributed by atoms with Gasteiger partial charge in [-0.1, -0.05) is 43.1 Å². The molecule has 1 fully saturated rings. The SMILES string of the molecule is COC(CNC(=O)NC1CCCC1(C)CO)c1ccccc1Cl. The molecule has 0 radical (unpaired) electrons. The zero-order valence-electron chi connectivity index (χ0n) is 13.6. The molecule has 1 aliphatic rings. The minimum absolute atomic E-state index is 0.00573. The highest BCUT2D eigenvalue weighted by molar-refractivity contribution is 6.31. The smallest absolute Gasteiger partial charge is 0.315 e. The van der Waals surface area contributed by atoms with Gasteiger partial charge in [-0.15, -0.1) is 0 Å². The van der Waals surface area contributed by atoms with E-state index in [-0.39, 0.29) is 30.2 Å². The van der Waals surface area contributed by atoms with E-state index in [1.165, 1.54) is 0 Å². The lowest BCUT2D eigenvalue weighted by Gasteiger charge is -2.30. The number of nitrogens with one attached hydrogen (secondary N) is 2. The second kappa shape index (κ2) is 7.99. The molecular formula is C17H25ClN2O3. The van der Waals surface area contributed by atoms with Crippen molar-refractivity contribution in [3.05, 3.63) is 34.9 Å². The third-order valence-electron chi connectivity index (χ3n) is 4.73. The van der Waals surface area contributed by atoms with Crippen LogP contribution in [0.1, 0.15) is 37.9 Å². The third kappa shape index (κ3) is 4.37.